The van der Waals surface area contributed by atoms with Crippen LogP contribution in [0, 0.1) is 12.7 Å². The van der Waals surface area contributed by atoms with Crippen molar-refractivity contribution in [3.05, 3.63) is 23.5 Å². The highest BCUT2D eigenvalue weighted by atomic mass is 19.1. The van der Waals surface area contributed by atoms with Gasteiger partial charge in [-0.25, -0.2) is 4.39 Å². The Bertz CT molecular complexity index is 364. The SMILES string of the molecule is Cc1cc(NCCCCN(C)C)c(N)cc1F. The first kappa shape index (κ1) is 13.8. The highest BCUT2D eigenvalue weighted by molar-refractivity contribution is 5.67. The maximum atomic E-state index is 13.2. The van der Waals surface area contributed by atoms with Crippen LogP contribution in [0.4, 0.5) is 15.8 Å². The van der Waals surface area contributed by atoms with Gasteiger partial charge in [-0.05, 0) is 58.1 Å². The maximum absolute atomic E-state index is 13.2. The molecule has 0 saturated heterocycles. The zero-order valence-electron chi connectivity index (χ0n) is 10.9. The Morgan fingerprint density at radius 2 is 2.00 bits per heavy atom. The van der Waals surface area contributed by atoms with Gasteiger partial charge in [-0.1, -0.05) is 0 Å². The highest BCUT2D eigenvalue weighted by Gasteiger charge is 2.03. The van der Waals surface area contributed by atoms with Crippen molar-refractivity contribution in [3.63, 3.8) is 0 Å². The van der Waals surface area contributed by atoms with Crippen molar-refractivity contribution in [2.75, 3.05) is 38.2 Å². The minimum Gasteiger partial charge on any atom is -0.397 e. The van der Waals surface area contributed by atoms with Gasteiger partial charge in [0.1, 0.15) is 5.82 Å². The molecule has 3 N–H and O–H groups in total. The topological polar surface area (TPSA) is 41.3 Å². The molecule has 0 amide bonds. The second-order valence-electron chi connectivity index (χ2n) is 4.63. The van der Waals surface area contributed by atoms with Crippen LogP contribution in [0.15, 0.2) is 12.1 Å². The van der Waals surface area contributed by atoms with Crippen LogP contribution in [-0.2, 0) is 0 Å². The molecular weight excluding hydrogens is 217 g/mol. The molecule has 4 heteroatoms. The van der Waals surface area contributed by atoms with Crippen LogP contribution >= 0.6 is 0 Å². The van der Waals surface area contributed by atoms with E-state index < -0.39 is 0 Å². The average molecular weight is 239 g/mol. The van der Waals surface area contributed by atoms with E-state index in [0.29, 0.717) is 11.3 Å². The lowest BCUT2D eigenvalue weighted by Gasteiger charge is -2.12. The molecule has 0 aromatic heterocycles. The molecule has 1 rings (SSSR count). The van der Waals surface area contributed by atoms with Gasteiger partial charge in [0.25, 0.3) is 0 Å². The third-order valence-corrected chi connectivity index (χ3v) is 2.68. The molecule has 1 aromatic carbocycles. The lowest BCUT2D eigenvalue weighted by Crippen LogP contribution is -2.14. The van der Waals surface area contributed by atoms with Gasteiger partial charge in [0.15, 0.2) is 0 Å². The summed E-state index contributed by atoms with van der Waals surface area (Å²) >= 11 is 0. The molecule has 1 aromatic rings. The maximum Gasteiger partial charge on any atom is 0.128 e. The predicted octanol–water partition coefficient (Wildman–Crippen LogP) is 2.47. The third kappa shape index (κ3) is 4.61. The first-order valence-electron chi connectivity index (χ1n) is 5.95. The molecule has 0 bridgehead atoms. The van der Waals surface area contributed by atoms with E-state index >= 15 is 0 Å². The van der Waals surface area contributed by atoms with Crippen molar-refractivity contribution in [2.45, 2.75) is 19.8 Å². The van der Waals surface area contributed by atoms with Gasteiger partial charge < -0.3 is 16.0 Å². The number of nitrogen functional groups attached to an aromatic ring is 1. The van der Waals surface area contributed by atoms with Crippen LogP contribution < -0.4 is 11.1 Å². The summed E-state index contributed by atoms with van der Waals surface area (Å²) in [7, 11) is 4.13. The van der Waals surface area contributed by atoms with Gasteiger partial charge in [-0.2, -0.15) is 0 Å². The van der Waals surface area contributed by atoms with Crippen molar-refractivity contribution in [3.8, 4) is 0 Å². The molecular formula is C13H22FN3. The Morgan fingerprint density at radius 3 is 2.65 bits per heavy atom. The minimum absolute atomic E-state index is 0.249. The van der Waals surface area contributed by atoms with Crippen molar-refractivity contribution in [1.82, 2.24) is 4.90 Å². The molecule has 0 saturated carbocycles. The second kappa shape index (κ2) is 6.45. The van der Waals surface area contributed by atoms with E-state index in [-0.39, 0.29) is 5.82 Å². The smallest absolute Gasteiger partial charge is 0.128 e. The molecule has 0 aliphatic carbocycles. The summed E-state index contributed by atoms with van der Waals surface area (Å²) in [6.07, 6.45) is 2.22. The Kier molecular flexibility index (Phi) is 5.22. The number of aryl methyl sites for hydroxylation is 1. The zero-order valence-corrected chi connectivity index (χ0v) is 10.9. The normalized spacial score (nSPS) is 10.9. The van der Waals surface area contributed by atoms with E-state index in [4.69, 9.17) is 5.73 Å². The van der Waals surface area contributed by atoms with Gasteiger partial charge in [0.2, 0.25) is 0 Å². The number of anilines is 2. The van der Waals surface area contributed by atoms with Crippen molar-refractivity contribution < 1.29 is 4.39 Å². The van der Waals surface area contributed by atoms with Crippen molar-refractivity contribution in [2.24, 2.45) is 0 Å². The molecule has 0 heterocycles. The van der Waals surface area contributed by atoms with E-state index in [2.05, 4.69) is 24.3 Å². The summed E-state index contributed by atoms with van der Waals surface area (Å²) in [6.45, 7) is 3.69. The third-order valence-electron chi connectivity index (χ3n) is 2.68. The number of unbranched alkanes of at least 4 members (excludes halogenated alkanes) is 1. The highest BCUT2D eigenvalue weighted by Crippen LogP contribution is 2.22. The number of rotatable bonds is 6. The number of hydrogen-bond acceptors (Lipinski definition) is 3. The summed E-state index contributed by atoms with van der Waals surface area (Å²) in [5.74, 6) is -0.249. The molecule has 96 valence electrons. The Hall–Kier alpha value is -1.29. The quantitative estimate of drug-likeness (QED) is 0.592. The van der Waals surface area contributed by atoms with E-state index in [9.17, 15) is 4.39 Å². The lowest BCUT2D eigenvalue weighted by atomic mass is 10.1. The first-order chi connectivity index (χ1) is 8.00. The minimum atomic E-state index is -0.249. The van der Waals surface area contributed by atoms with Crippen LogP contribution in [0.5, 0.6) is 0 Å². The lowest BCUT2D eigenvalue weighted by molar-refractivity contribution is 0.396. The molecule has 0 aliphatic heterocycles. The monoisotopic (exact) mass is 239 g/mol. The van der Waals surface area contributed by atoms with E-state index in [1.54, 1.807) is 13.0 Å². The van der Waals surface area contributed by atoms with Crippen molar-refractivity contribution in [1.29, 1.82) is 0 Å². The summed E-state index contributed by atoms with van der Waals surface area (Å²) in [5, 5.41) is 3.24. The number of nitrogens with zero attached hydrogens (tertiary/aromatic N) is 1. The largest absolute Gasteiger partial charge is 0.397 e. The number of nitrogens with one attached hydrogen (secondary N) is 1. The van der Waals surface area contributed by atoms with Crippen LogP contribution in [0.1, 0.15) is 18.4 Å². The summed E-state index contributed by atoms with van der Waals surface area (Å²) in [5.41, 5.74) is 7.66. The molecule has 0 unspecified atom stereocenters. The molecule has 0 spiro atoms. The Labute approximate surface area is 103 Å². The fourth-order valence-electron chi connectivity index (χ4n) is 1.63. The van der Waals surface area contributed by atoms with Gasteiger partial charge >= 0.3 is 0 Å². The van der Waals surface area contributed by atoms with Gasteiger partial charge in [-0.15, -0.1) is 0 Å². The molecule has 17 heavy (non-hydrogen) atoms. The van der Waals surface area contributed by atoms with Gasteiger partial charge in [-0.3, -0.25) is 0 Å². The first-order valence-corrected chi connectivity index (χ1v) is 5.95. The molecule has 0 atom stereocenters. The van der Waals surface area contributed by atoms with E-state index in [1.165, 1.54) is 6.07 Å². The molecule has 0 aliphatic rings. The summed E-state index contributed by atoms with van der Waals surface area (Å²) in [4.78, 5) is 2.16. The van der Waals surface area contributed by atoms with Crippen LogP contribution in [0.2, 0.25) is 0 Å². The fraction of sp³-hybridized carbons (Fsp3) is 0.538. The predicted molar refractivity (Wildman–Crippen MR) is 71.8 cm³/mol. The number of nitrogens with two attached hydrogens (primary N) is 1. The number of benzene rings is 1. The molecule has 3 nitrogen and oxygen atoms in total. The van der Waals surface area contributed by atoms with Crippen LogP contribution in [0.25, 0.3) is 0 Å². The molecule has 0 radical (unpaired) electrons. The Balaban J connectivity index is 2.39. The summed E-state index contributed by atoms with van der Waals surface area (Å²) < 4.78 is 13.2. The van der Waals surface area contributed by atoms with E-state index in [0.717, 1.165) is 31.6 Å². The summed E-state index contributed by atoms with van der Waals surface area (Å²) in [6, 6.07) is 3.13. The fourth-order valence-corrected chi connectivity index (χ4v) is 1.63. The number of hydrogen-bond donors (Lipinski definition) is 2. The molecule has 0 fully saturated rings. The van der Waals surface area contributed by atoms with Gasteiger partial charge in [0, 0.05) is 6.54 Å². The second-order valence-corrected chi connectivity index (χ2v) is 4.63. The van der Waals surface area contributed by atoms with E-state index in [1.807, 2.05) is 0 Å². The van der Waals surface area contributed by atoms with Crippen LogP contribution in [0.3, 0.4) is 0 Å². The zero-order chi connectivity index (χ0) is 12.8. The number of halogens is 1. The average Bonchev–Trinajstić information content (AvgIpc) is 2.24. The van der Waals surface area contributed by atoms with Crippen LogP contribution in [-0.4, -0.2) is 32.1 Å². The Morgan fingerprint density at radius 1 is 1.29 bits per heavy atom. The standard InChI is InChI=1S/C13H22FN3/c1-10-8-13(12(15)9-11(10)14)16-6-4-5-7-17(2)3/h8-9,16H,4-7,15H2,1-3H3. The van der Waals surface area contributed by atoms with Crippen molar-refractivity contribution >= 4 is 11.4 Å². The van der Waals surface area contributed by atoms with Gasteiger partial charge in [0.05, 0.1) is 11.4 Å².